The van der Waals surface area contributed by atoms with Crippen LogP contribution < -0.4 is 5.32 Å². The van der Waals surface area contributed by atoms with E-state index >= 15 is 0 Å². The van der Waals surface area contributed by atoms with Gasteiger partial charge in [0, 0.05) is 16.9 Å². The molecule has 1 aromatic carbocycles. The highest BCUT2D eigenvalue weighted by Crippen LogP contribution is 2.27. The van der Waals surface area contributed by atoms with Gasteiger partial charge in [0.05, 0.1) is 4.47 Å². The van der Waals surface area contributed by atoms with E-state index in [-0.39, 0.29) is 5.82 Å². The highest BCUT2D eigenvalue weighted by molar-refractivity contribution is 9.10. The molecule has 1 N–H and O–H groups in total. The number of benzene rings is 1. The predicted octanol–water partition coefficient (Wildman–Crippen LogP) is 4.69. The molecule has 0 aliphatic carbocycles. The molecular weight excluding hydrogens is 307 g/mol. The first-order valence-corrected chi connectivity index (χ1v) is 6.07. The number of pyridine rings is 1. The molecule has 5 heteroatoms. The summed E-state index contributed by atoms with van der Waals surface area (Å²) < 4.78 is 14.0. The Kier molecular flexibility index (Phi) is 3.64. The summed E-state index contributed by atoms with van der Waals surface area (Å²) in [5, 5.41) is 3.36. The highest BCUT2D eigenvalue weighted by atomic mass is 79.9. The molecule has 2 aromatic rings. The maximum Gasteiger partial charge on any atom is 0.144 e. The van der Waals surface area contributed by atoms with E-state index in [1.165, 1.54) is 12.1 Å². The molecule has 0 amide bonds. The minimum absolute atomic E-state index is 0.344. The molecule has 1 heterocycles. The van der Waals surface area contributed by atoms with Gasteiger partial charge in [0.15, 0.2) is 0 Å². The van der Waals surface area contributed by atoms with E-state index in [0.717, 1.165) is 10.0 Å². The molecule has 0 aliphatic rings. The van der Waals surface area contributed by atoms with Crippen molar-refractivity contribution < 1.29 is 4.39 Å². The van der Waals surface area contributed by atoms with Gasteiger partial charge in [0.2, 0.25) is 0 Å². The van der Waals surface area contributed by atoms with Crippen molar-refractivity contribution in [1.29, 1.82) is 0 Å². The fourth-order valence-electron chi connectivity index (χ4n) is 1.39. The lowest BCUT2D eigenvalue weighted by Crippen LogP contribution is -1.96. The fourth-order valence-corrected chi connectivity index (χ4v) is 1.95. The van der Waals surface area contributed by atoms with Gasteiger partial charge in [-0.2, -0.15) is 0 Å². The van der Waals surface area contributed by atoms with Gasteiger partial charge in [0.25, 0.3) is 0 Å². The average Bonchev–Trinajstić information content (AvgIpc) is 2.23. The third-order valence-corrected chi connectivity index (χ3v) is 3.43. The quantitative estimate of drug-likeness (QED) is 0.869. The Morgan fingerprint density at radius 2 is 2.12 bits per heavy atom. The lowest BCUT2D eigenvalue weighted by atomic mass is 10.2. The zero-order chi connectivity index (χ0) is 12.4. The zero-order valence-corrected chi connectivity index (χ0v) is 11.3. The largest absolute Gasteiger partial charge is 0.339 e. The molecule has 1 aromatic heterocycles. The van der Waals surface area contributed by atoms with Gasteiger partial charge in [-0.1, -0.05) is 11.6 Å². The van der Waals surface area contributed by atoms with Crippen LogP contribution in [0.4, 0.5) is 15.9 Å². The van der Waals surface area contributed by atoms with Crippen LogP contribution in [0.25, 0.3) is 0 Å². The van der Waals surface area contributed by atoms with Crippen molar-refractivity contribution in [2.24, 2.45) is 0 Å². The Morgan fingerprint density at radius 3 is 2.82 bits per heavy atom. The number of halogens is 3. The van der Waals surface area contributed by atoms with Gasteiger partial charge in [0.1, 0.15) is 11.6 Å². The summed E-state index contributed by atoms with van der Waals surface area (Å²) in [4.78, 5) is 4.17. The van der Waals surface area contributed by atoms with E-state index in [0.29, 0.717) is 16.5 Å². The monoisotopic (exact) mass is 314 g/mol. The molecule has 17 heavy (non-hydrogen) atoms. The fraction of sp³-hybridized carbons (Fsp3) is 0.0833. The first-order chi connectivity index (χ1) is 8.06. The first-order valence-electron chi connectivity index (χ1n) is 4.90. The molecule has 0 aliphatic heterocycles. The molecule has 0 saturated carbocycles. The van der Waals surface area contributed by atoms with E-state index in [1.807, 2.05) is 13.0 Å². The Hall–Kier alpha value is -1.13. The Bertz CT molecular complexity index is 540. The molecule has 2 rings (SSSR count). The van der Waals surface area contributed by atoms with E-state index in [4.69, 9.17) is 11.6 Å². The number of hydrogen-bond acceptors (Lipinski definition) is 2. The lowest BCUT2D eigenvalue weighted by molar-refractivity contribution is 0.628. The molecule has 0 unspecified atom stereocenters. The minimum Gasteiger partial charge on any atom is -0.339 e. The van der Waals surface area contributed by atoms with Crippen LogP contribution in [0.15, 0.2) is 34.9 Å². The highest BCUT2D eigenvalue weighted by Gasteiger charge is 2.05. The Balaban J connectivity index is 2.34. The van der Waals surface area contributed by atoms with Crippen LogP contribution in [0.5, 0.6) is 0 Å². The number of rotatable bonds is 2. The number of aryl methyl sites for hydroxylation is 1. The van der Waals surface area contributed by atoms with Crippen LogP contribution >= 0.6 is 27.5 Å². The predicted molar refractivity (Wildman–Crippen MR) is 71.4 cm³/mol. The molecule has 0 radical (unpaired) electrons. The van der Waals surface area contributed by atoms with Gasteiger partial charge in [-0.25, -0.2) is 9.37 Å². The third kappa shape index (κ3) is 2.96. The van der Waals surface area contributed by atoms with Crippen molar-refractivity contribution >= 4 is 39.0 Å². The van der Waals surface area contributed by atoms with Crippen molar-refractivity contribution in [2.75, 3.05) is 5.32 Å². The normalized spacial score (nSPS) is 10.4. The van der Waals surface area contributed by atoms with Gasteiger partial charge in [-0.15, -0.1) is 0 Å². The summed E-state index contributed by atoms with van der Waals surface area (Å²) in [5.74, 6) is 0.246. The van der Waals surface area contributed by atoms with Crippen LogP contribution in [0.1, 0.15) is 5.56 Å². The SMILES string of the molecule is Cc1ccnc(Nc2cc(F)cc(Cl)c2)c1Br. The van der Waals surface area contributed by atoms with Crippen molar-refractivity contribution in [1.82, 2.24) is 4.98 Å². The summed E-state index contributed by atoms with van der Waals surface area (Å²) in [6, 6.07) is 6.14. The van der Waals surface area contributed by atoms with E-state index < -0.39 is 0 Å². The number of nitrogens with one attached hydrogen (secondary N) is 1. The summed E-state index contributed by atoms with van der Waals surface area (Å²) in [7, 11) is 0. The second-order valence-electron chi connectivity index (χ2n) is 3.57. The van der Waals surface area contributed by atoms with Crippen LogP contribution in [0.3, 0.4) is 0 Å². The van der Waals surface area contributed by atoms with Crippen LogP contribution in [-0.2, 0) is 0 Å². The Morgan fingerprint density at radius 1 is 1.35 bits per heavy atom. The second-order valence-corrected chi connectivity index (χ2v) is 4.80. The maximum atomic E-state index is 13.2. The van der Waals surface area contributed by atoms with Gasteiger partial charge < -0.3 is 5.32 Å². The number of nitrogens with zero attached hydrogens (tertiary/aromatic N) is 1. The van der Waals surface area contributed by atoms with Crippen molar-refractivity contribution in [3.05, 3.63) is 51.3 Å². The minimum atomic E-state index is -0.385. The smallest absolute Gasteiger partial charge is 0.144 e. The molecule has 0 spiro atoms. The van der Waals surface area contributed by atoms with E-state index in [1.54, 1.807) is 12.3 Å². The van der Waals surface area contributed by atoms with Crippen LogP contribution in [0, 0.1) is 12.7 Å². The van der Waals surface area contributed by atoms with Gasteiger partial charge in [-0.3, -0.25) is 0 Å². The molecule has 0 fully saturated rings. The Labute approximate surface area is 112 Å². The summed E-state index contributed by atoms with van der Waals surface area (Å²) in [6.07, 6.45) is 1.68. The number of aromatic nitrogens is 1. The van der Waals surface area contributed by atoms with Crippen molar-refractivity contribution in [3.63, 3.8) is 0 Å². The second kappa shape index (κ2) is 5.02. The first kappa shape index (κ1) is 12.3. The molecule has 0 saturated heterocycles. The van der Waals surface area contributed by atoms with E-state index in [2.05, 4.69) is 26.2 Å². The molecule has 0 atom stereocenters. The topological polar surface area (TPSA) is 24.9 Å². The van der Waals surface area contributed by atoms with Gasteiger partial charge in [-0.05, 0) is 52.7 Å². The van der Waals surface area contributed by atoms with Crippen molar-refractivity contribution in [2.45, 2.75) is 6.92 Å². The van der Waals surface area contributed by atoms with Gasteiger partial charge >= 0.3 is 0 Å². The molecule has 2 nitrogen and oxygen atoms in total. The zero-order valence-electron chi connectivity index (χ0n) is 8.97. The number of hydrogen-bond donors (Lipinski definition) is 1. The molecule has 88 valence electrons. The molecular formula is C12H9BrClFN2. The van der Waals surface area contributed by atoms with Crippen LogP contribution in [0.2, 0.25) is 5.02 Å². The van der Waals surface area contributed by atoms with Crippen LogP contribution in [-0.4, -0.2) is 4.98 Å². The summed E-state index contributed by atoms with van der Waals surface area (Å²) in [5.41, 5.74) is 1.61. The lowest BCUT2D eigenvalue weighted by Gasteiger charge is -2.09. The third-order valence-electron chi connectivity index (χ3n) is 2.21. The average molecular weight is 316 g/mol. The van der Waals surface area contributed by atoms with Crippen molar-refractivity contribution in [3.8, 4) is 0 Å². The maximum absolute atomic E-state index is 13.2. The standard InChI is InChI=1S/C12H9BrClFN2/c1-7-2-3-16-12(11(7)13)17-10-5-8(14)4-9(15)6-10/h2-6H,1H3,(H,16,17). The summed E-state index contributed by atoms with van der Waals surface area (Å²) in [6.45, 7) is 1.95. The summed E-state index contributed by atoms with van der Waals surface area (Å²) >= 11 is 9.20. The van der Waals surface area contributed by atoms with E-state index in [9.17, 15) is 4.39 Å². The molecule has 0 bridgehead atoms. The number of anilines is 2.